The third kappa shape index (κ3) is 2.82. The molecule has 0 aliphatic carbocycles. The summed E-state index contributed by atoms with van der Waals surface area (Å²) in [5.74, 6) is 0.0901. The Kier molecular flexibility index (Phi) is 3.56. The van der Waals surface area contributed by atoms with E-state index in [0.717, 1.165) is 23.8 Å². The zero-order chi connectivity index (χ0) is 13.1. The van der Waals surface area contributed by atoms with Crippen LogP contribution in [0.4, 0.5) is 0 Å². The average molecular weight is 277 g/mol. The fraction of sp³-hybridized carbons (Fsp3) is 0.417. The summed E-state index contributed by atoms with van der Waals surface area (Å²) in [6.45, 7) is 2.24. The van der Waals surface area contributed by atoms with Crippen LogP contribution in [0.25, 0.3) is 0 Å². The molecule has 2 aromatic heterocycles. The Morgan fingerprint density at radius 3 is 3.21 bits per heavy atom. The van der Waals surface area contributed by atoms with Crippen LogP contribution in [0.2, 0.25) is 0 Å². The minimum Gasteiger partial charge on any atom is -0.355 e. The van der Waals surface area contributed by atoms with Crippen molar-refractivity contribution in [3.05, 3.63) is 34.8 Å². The van der Waals surface area contributed by atoms with Crippen molar-refractivity contribution >= 4 is 17.2 Å². The molecule has 0 radical (unpaired) electrons. The van der Waals surface area contributed by atoms with Crippen molar-refractivity contribution in [1.82, 2.24) is 25.2 Å². The fourth-order valence-corrected chi connectivity index (χ4v) is 3.07. The number of H-pyrrole nitrogens is 1. The number of amides is 1. The van der Waals surface area contributed by atoms with Crippen LogP contribution in [-0.2, 0) is 11.3 Å². The van der Waals surface area contributed by atoms with E-state index >= 15 is 0 Å². The van der Waals surface area contributed by atoms with E-state index in [1.54, 1.807) is 23.9 Å². The molecule has 100 valence electrons. The van der Waals surface area contributed by atoms with Gasteiger partial charge in [0.1, 0.15) is 5.01 Å². The highest BCUT2D eigenvalue weighted by atomic mass is 32.1. The molecule has 1 fully saturated rings. The van der Waals surface area contributed by atoms with E-state index < -0.39 is 0 Å². The Morgan fingerprint density at radius 2 is 2.47 bits per heavy atom. The van der Waals surface area contributed by atoms with Crippen molar-refractivity contribution < 1.29 is 4.79 Å². The normalized spacial score (nSPS) is 21.1. The number of nitrogens with zero attached hydrogens (tertiary/aromatic N) is 3. The highest BCUT2D eigenvalue weighted by molar-refractivity contribution is 7.09. The first-order valence-electron chi connectivity index (χ1n) is 6.20. The van der Waals surface area contributed by atoms with E-state index in [0.29, 0.717) is 13.0 Å². The predicted molar refractivity (Wildman–Crippen MR) is 71.5 cm³/mol. The number of aromatic nitrogens is 3. The number of hydrogen-bond acceptors (Lipinski definition) is 5. The van der Waals surface area contributed by atoms with E-state index in [1.165, 1.54) is 0 Å². The number of aromatic amines is 1. The third-order valence-corrected chi connectivity index (χ3v) is 4.08. The van der Waals surface area contributed by atoms with Crippen molar-refractivity contribution in [2.45, 2.75) is 19.0 Å². The predicted octanol–water partition coefficient (Wildman–Crippen LogP) is 0.929. The van der Waals surface area contributed by atoms with Gasteiger partial charge in [-0.25, -0.2) is 9.97 Å². The summed E-state index contributed by atoms with van der Waals surface area (Å²) in [6, 6.07) is 0.0470. The van der Waals surface area contributed by atoms with Crippen molar-refractivity contribution in [1.29, 1.82) is 0 Å². The Morgan fingerprint density at radius 1 is 1.53 bits per heavy atom. The summed E-state index contributed by atoms with van der Waals surface area (Å²) in [4.78, 5) is 25.5. The monoisotopic (exact) mass is 277 g/mol. The smallest absolute Gasteiger partial charge is 0.222 e. The van der Waals surface area contributed by atoms with Crippen LogP contribution in [0, 0.1) is 0 Å². The summed E-state index contributed by atoms with van der Waals surface area (Å²) in [6.07, 6.45) is 5.74. The number of carbonyl (C=O) groups is 1. The van der Waals surface area contributed by atoms with Crippen molar-refractivity contribution in [3.63, 3.8) is 0 Å². The molecule has 19 heavy (non-hydrogen) atoms. The SMILES string of the molecule is O=C1CC(c2nccs2)N(Cc2cnc[nH]2)CCN1. The summed E-state index contributed by atoms with van der Waals surface area (Å²) >= 11 is 1.60. The Hall–Kier alpha value is -1.73. The Balaban J connectivity index is 1.83. The fourth-order valence-electron chi connectivity index (χ4n) is 2.29. The molecule has 3 rings (SSSR count). The van der Waals surface area contributed by atoms with Crippen LogP contribution < -0.4 is 5.32 Å². The van der Waals surface area contributed by atoms with Gasteiger partial charge in [-0.15, -0.1) is 11.3 Å². The van der Waals surface area contributed by atoms with Crippen LogP contribution >= 0.6 is 11.3 Å². The zero-order valence-corrected chi connectivity index (χ0v) is 11.2. The van der Waals surface area contributed by atoms with Gasteiger partial charge in [0, 0.05) is 49.5 Å². The number of rotatable bonds is 3. The molecule has 1 aliphatic rings. The highest BCUT2D eigenvalue weighted by Gasteiger charge is 2.28. The number of hydrogen-bond donors (Lipinski definition) is 2. The first kappa shape index (κ1) is 12.3. The lowest BCUT2D eigenvalue weighted by Crippen LogP contribution is -2.30. The van der Waals surface area contributed by atoms with Crippen molar-refractivity contribution in [2.24, 2.45) is 0 Å². The number of thiazole rings is 1. The van der Waals surface area contributed by atoms with E-state index in [2.05, 4.69) is 25.2 Å². The molecule has 1 unspecified atom stereocenters. The second-order valence-corrected chi connectivity index (χ2v) is 5.41. The molecule has 0 aromatic carbocycles. The molecular weight excluding hydrogens is 262 g/mol. The summed E-state index contributed by atoms with van der Waals surface area (Å²) < 4.78 is 0. The third-order valence-electron chi connectivity index (χ3n) is 3.21. The number of nitrogens with one attached hydrogen (secondary N) is 2. The molecule has 2 aromatic rings. The first-order chi connectivity index (χ1) is 9.33. The van der Waals surface area contributed by atoms with Gasteiger partial charge in [0.05, 0.1) is 12.4 Å². The van der Waals surface area contributed by atoms with Gasteiger partial charge in [-0.3, -0.25) is 9.69 Å². The summed E-state index contributed by atoms with van der Waals surface area (Å²) in [5.41, 5.74) is 1.05. The van der Waals surface area contributed by atoms with Gasteiger partial charge < -0.3 is 10.3 Å². The van der Waals surface area contributed by atoms with E-state index in [4.69, 9.17) is 0 Å². The quantitative estimate of drug-likeness (QED) is 0.875. The Bertz CT molecular complexity index is 524. The van der Waals surface area contributed by atoms with Crippen molar-refractivity contribution in [3.8, 4) is 0 Å². The minimum atomic E-state index is 0.0470. The minimum absolute atomic E-state index is 0.0470. The van der Waals surface area contributed by atoms with Gasteiger partial charge in [0.15, 0.2) is 0 Å². The summed E-state index contributed by atoms with van der Waals surface area (Å²) in [7, 11) is 0. The lowest BCUT2D eigenvalue weighted by atomic mass is 10.1. The number of carbonyl (C=O) groups excluding carboxylic acids is 1. The van der Waals surface area contributed by atoms with E-state index in [9.17, 15) is 4.79 Å². The molecule has 0 saturated carbocycles. The summed E-state index contributed by atoms with van der Waals surface area (Å²) in [5, 5.41) is 5.86. The molecule has 2 N–H and O–H groups in total. The largest absolute Gasteiger partial charge is 0.355 e. The topological polar surface area (TPSA) is 73.9 Å². The van der Waals surface area contributed by atoms with Crippen LogP contribution in [0.1, 0.15) is 23.2 Å². The lowest BCUT2D eigenvalue weighted by Gasteiger charge is -2.26. The standard InChI is InChI=1S/C12H15N5OS/c18-11-5-10(12-15-2-4-19-12)17(3-1-14-11)7-9-6-13-8-16-9/h2,4,6,8,10H,1,3,5,7H2,(H,13,16)(H,14,18). The van der Waals surface area contributed by atoms with E-state index in [1.807, 2.05) is 11.6 Å². The van der Waals surface area contributed by atoms with Crippen LogP contribution in [0.15, 0.2) is 24.1 Å². The maximum absolute atomic E-state index is 11.8. The molecule has 1 amide bonds. The Labute approximate surface area is 114 Å². The van der Waals surface area contributed by atoms with Gasteiger partial charge in [0.2, 0.25) is 5.91 Å². The molecule has 7 heteroatoms. The molecule has 1 atom stereocenters. The van der Waals surface area contributed by atoms with Gasteiger partial charge >= 0.3 is 0 Å². The van der Waals surface area contributed by atoms with Gasteiger partial charge in [-0.1, -0.05) is 0 Å². The van der Waals surface area contributed by atoms with Crippen molar-refractivity contribution in [2.75, 3.05) is 13.1 Å². The maximum Gasteiger partial charge on any atom is 0.222 e. The van der Waals surface area contributed by atoms with Gasteiger partial charge in [0.25, 0.3) is 0 Å². The van der Waals surface area contributed by atoms with Gasteiger partial charge in [-0.2, -0.15) is 0 Å². The van der Waals surface area contributed by atoms with Crippen LogP contribution in [0.3, 0.4) is 0 Å². The maximum atomic E-state index is 11.8. The first-order valence-corrected chi connectivity index (χ1v) is 7.08. The van der Waals surface area contributed by atoms with Crippen LogP contribution in [0.5, 0.6) is 0 Å². The number of imidazole rings is 1. The van der Waals surface area contributed by atoms with E-state index in [-0.39, 0.29) is 11.9 Å². The average Bonchev–Trinajstić information content (AvgIpc) is 3.05. The van der Waals surface area contributed by atoms with Crippen LogP contribution in [-0.4, -0.2) is 38.8 Å². The molecule has 6 nitrogen and oxygen atoms in total. The molecule has 0 spiro atoms. The highest BCUT2D eigenvalue weighted by Crippen LogP contribution is 2.28. The molecule has 1 aliphatic heterocycles. The second kappa shape index (κ2) is 5.50. The molecule has 0 bridgehead atoms. The lowest BCUT2D eigenvalue weighted by molar-refractivity contribution is -0.121. The zero-order valence-electron chi connectivity index (χ0n) is 10.4. The molecular formula is C12H15N5OS. The molecule has 3 heterocycles. The van der Waals surface area contributed by atoms with Gasteiger partial charge in [-0.05, 0) is 0 Å². The molecule has 1 saturated heterocycles. The second-order valence-electron chi connectivity index (χ2n) is 4.49.